The lowest BCUT2D eigenvalue weighted by Gasteiger charge is -2.21. The number of nitrogens with zero attached hydrogens (tertiary/aromatic N) is 2. The minimum atomic E-state index is -0.677. The monoisotopic (exact) mass is 406 g/mol. The highest BCUT2D eigenvalue weighted by molar-refractivity contribution is 6.04. The Balaban J connectivity index is 1.77. The van der Waals surface area contributed by atoms with Crippen LogP contribution in [-0.2, 0) is 0 Å². The number of hydrogen-bond acceptors (Lipinski definition) is 5. The zero-order valence-corrected chi connectivity index (χ0v) is 16.3. The van der Waals surface area contributed by atoms with Gasteiger partial charge < -0.3 is 20.7 Å². The second-order valence-corrected chi connectivity index (χ2v) is 6.74. The Hall–Kier alpha value is -4.07. The number of amides is 2. The van der Waals surface area contributed by atoms with E-state index in [-0.39, 0.29) is 11.6 Å². The normalized spacial score (nSPS) is 10.9. The summed E-state index contributed by atoms with van der Waals surface area (Å²) < 4.78 is 24.2. The summed E-state index contributed by atoms with van der Waals surface area (Å²) >= 11 is 0. The molecule has 0 fully saturated rings. The smallest absolute Gasteiger partial charge is 0.323 e. The number of carbonyl (C=O) groups excluding carboxylic acids is 1. The maximum atomic E-state index is 13.6. The summed E-state index contributed by atoms with van der Waals surface area (Å²) in [6.45, 7) is 1.62. The number of halogens is 1. The van der Waals surface area contributed by atoms with Crippen LogP contribution in [0.2, 0.25) is 0 Å². The third kappa shape index (κ3) is 3.18. The molecule has 7 nitrogen and oxygen atoms in total. The van der Waals surface area contributed by atoms with Gasteiger partial charge in [0.05, 0.1) is 23.9 Å². The molecule has 1 aromatic heterocycles. The largest absolute Gasteiger partial charge is 0.493 e. The molecule has 0 unspecified atom stereocenters. The van der Waals surface area contributed by atoms with Gasteiger partial charge >= 0.3 is 6.03 Å². The van der Waals surface area contributed by atoms with Crippen LogP contribution in [-0.4, -0.2) is 18.3 Å². The van der Waals surface area contributed by atoms with E-state index in [1.54, 1.807) is 31.2 Å². The van der Waals surface area contributed by atoms with Crippen molar-refractivity contribution in [2.75, 3.05) is 17.7 Å². The van der Waals surface area contributed by atoms with Gasteiger partial charge in [0.1, 0.15) is 5.82 Å². The number of ether oxygens (including phenoxy) is 1. The molecule has 0 bridgehead atoms. The van der Waals surface area contributed by atoms with Crippen molar-refractivity contribution >= 4 is 34.2 Å². The van der Waals surface area contributed by atoms with E-state index in [1.807, 2.05) is 18.2 Å². The molecular weight excluding hydrogens is 387 g/mol. The zero-order chi connectivity index (χ0) is 21.4. The highest BCUT2D eigenvalue weighted by Crippen LogP contribution is 2.38. The van der Waals surface area contributed by atoms with E-state index in [9.17, 15) is 9.18 Å². The second-order valence-electron chi connectivity index (χ2n) is 6.74. The first-order valence-electron chi connectivity index (χ1n) is 9.08. The van der Waals surface area contributed by atoms with Gasteiger partial charge in [0.25, 0.3) is 0 Å². The third-order valence-electron chi connectivity index (χ3n) is 4.89. The van der Waals surface area contributed by atoms with E-state index in [0.29, 0.717) is 33.7 Å². The highest BCUT2D eigenvalue weighted by Gasteiger charge is 2.19. The first-order valence-corrected chi connectivity index (χ1v) is 9.08. The van der Waals surface area contributed by atoms with Crippen molar-refractivity contribution in [3.63, 3.8) is 0 Å². The van der Waals surface area contributed by atoms with E-state index >= 15 is 0 Å². The summed E-state index contributed by atoms with van der Waals surface area (Å²) in [5, 5.41) is 4.48. The molecule has 0 aliphatic carbocycles. The van der Waals surface area contributed by atoms with Gasteiger partial charge in [-0.1, -0.05) is 17.3 Å². The molecule has 0 aliphatic heterocycles. The van der Waals surface area contributed by atoms with Crippen LogP contribution >= 0.6 is 0 Å². The third-order valence-corrected chi connectivity index (χ3v) is 4.89. The molecule has 4 aromatic rings. The zero-order valence-electron chi connectivity index (χ0n) is 16.3. The fourth-order valence-electron chi connectivity index (χ4n) is 3.41. The molecule has 0 radical (unpaired) electrons. The van der Waals surface area contributed by atoms with E-state index in [4.69, 9.17) is 20.7 Å². The SMILES string of the molecule is COc1ccc(-c2ccc(N(C(N)=O)c3ccc(F)c(C)c3)cc2)c2c(N)noc12. The standard InChI is InChI=1S/C22H19FN4O3/c1-12-11-15(7-9-17(12)23)27(22(25)28)14-5-3-13(4-6-14)16-8-10-18(29-2)20-19(16)21(24)26-30-20/h3-11H,1-2H3,(H2,24,26)(H2,25,28). The molecule has 0 spiro atoms. The molecule has 0 saturated heterocycles. The van der Waals surface area contributed by atoms with Crippen LogP contribution in [0.4, 0.5) is 26.4 Å². The number of nitrogen functional groups attached to an aromatic ring is 1. The number of anilines is 3. The number of carbonyl (C=O) groups is 1. The summed E-state index contributed by atoms with van der Waals surface area (Å²) in [5.74, 6) is 0.429. The Morgan fingerprint density at radius 2 is 1.80 bits per heavy atom. The molecule has 1 heterocycles. The van der Waals surface area contributed by atoms with Gasteiger partial charge in [-0.3, -0.25) is 4.90 Å². The minimum absolute atomic E-state index is 0.253. The van der Waals surface area contributed by atoms with Crippen molar-refractivity contribution < 1.29 is 18.4 Å². The lowest BCUT2D eigenvalue weighted by Crippen LogP contribution is -2.31. The first kappa shape index (κ1) is 19.3. The number of aromatic nitrogens is 1. The van der Waals surface area contributed by atoms with E-state index in [1.165, 1.54) is 24.1 Å². The Kier molecular flexibility index (Phi) is 4.75. The van der Waals surface area contributed by atoms with E-state index < -0.39 is 6.03 Å². The van der Waals surface area contributed by atoms with Crippen molar-refractivity contribution in [2.45, 2.75) is 6.92 Å². The van der Waals surface area contributed by atoms with Crippen LogP contribution < -0.4 is 21.1 Å². The van der Waals surface area contributed by atoms with E-state index in [0.717, 1.165) is 11.1 Å². The molecule has 0 aliphatic rings. The van der Waals surface area contributed by atoms with E-state index in [2.05, 4.69) is 5.16 Å². The van der Waals surface area contributed by atoms with Gasteiger partial charge in [-0.15, -0.1) is 0 Å². The van der Waals surface area contributed by atoms with Gasteiger partial charge in [0.15, 0.2) is 11.6 Å². The number of rotatable bonds is 4. The molecule has 0 saturated carbocycles. The maximum absolute atomic E-state index is 13.6. The molecule has 4 rings (SSSR count). The molecule has 30 heavy (non-hydrogen) atoms. The molecule has 4 N–H and O–H groups in total. The quantitative estimate of drug-likeness (QED) is 0.508. The number of nitrogens with two attached hydrogens (primary N) is 2. The number of aryl methyl sites for hydroxylation is 1. The van der Waals surface area contributed by atoms with Crippen LogP contribution in [0.1, 0.15) is 5.56 Å². The number of hydrogen-bond donors (Lipinski definition) is 2. The van der Waals surface area contributed by atoms with Crippen LogP contribution in [0.5, 0.6) is 5.75 Å². The topological polar surface area (TPSA) is 108 Å². The Labute approximate surface area is 171 Å². The molecule has 152 valence electrons. The summed E-state index contributed by atoms with van der Waals surface area (Å²) in [6, 6.07) is 14.5. The average molecular weight is 406 g/mol. The summed E-state index contributed by atoms with van der Waals surface area (Å²) in [6.07, 6.45) is 0. The summed E-state index contributed by atoms with van der Waals surface area (Å²) in [7, 11) is 1.54. The number of fused-ring (bicyclic) bond motifs is 1. The lowest BCUT2D eigenvalue weighted by molar-refractivity contribution is 0.256. The Morgan fingerprint density at radius 1 is 1.10 bits per heavy atom. The molecule has 3 aromatic carbocycles. The van der Waals surface area contributed by atoms with Gasteiger partial charge in [-0.2, -0.15) is 0 Å². The fraction of sp³-hybridized carbons (Fsp3) is 0.0909. The van der Waals surface area contributed by atoms with Crippen LogP contribution in [0.3, 0.4) is 0 Å². The van der Waals surface area contributed by atoms with Gasteiger partial charge in [0, 0.05) is 0 Å². The second kappa shape index (κ2) is 7.40. The summed E-state index contributed by atoms with van der Waals surface area (Å²) in [5.41, 5.74) is 15.1. The van der Waals surface area contributed by atoms with Gasteiger partial charge in [0.2, 0.25) is 5.58 Å². The van der Waals surface area contributed by atoms with Crippen molar-refractivity contribution in [3.05, 3.63) is 66.0 Å². The van der Waals surface area contributed by atoms with Gasteiger partial charge in [-0.05, 0) is 66.1 Å². The predicted octanol–water partition coefficient (Wildman–Crippen LogP) is 4.75. The predicted molar refractivity (Wildman–Crippen MR) is 113 cm³/mol. The minimum Gasteiger partial charge on any atom is -0.493 e. The molecular formula is C22H19FN4O3. The van der Waals surface area contributed by atoms with Crippen molar-refractivity contribution in [3.8, 4) is 16.9 Å². The lowest BCUT2D eigenvalue weighted by atomic mass is 10.0. The Bertz CT molecular complexity index is 1250. The maximum Gasteiger partial charge on any atom is 0.323 e. The van der Waals surface area contributed by atoms with Crippen molar-refractivity contribution in [1.29, 1.82) is 0 Å². The highest BCUT2D eigenvalue weighted by atomic mass is 19.1. The average Bonchev–Trinajstić information content (AvgIpc) is 3.12. The summed E-state index contributed by atoms with van der Waals surface area (Å²) in [4.78, 5) is 13.4. The van der Waals surface area contributed by atoms with Crippen LogP contribution in [0, 0.1) is 12.7 Å². The van der Waals surface area contributed by atoms with Gasteiger partial charge in [-0.25, -0.2) is 9.18 Å². The number of benzene rings is 3. The van der Waals surface area contributed by atoms with Crippen molar-refractivity contribution in [1.82, 2.24) is 5.16 Å². The molecule has 2 amide bonds. The molecule has 0 atom stereocenters. The fourth-order valence-corrected chi connectivity index (χ4v) is 3.41. The first-order chi connectivity index (χ1) is 14.4. The van der Waals surface area contributed by atoms with Crippen molar-refractivity contribution in [2.24, 2.45) is 5.73 Å². The van der Waals surface area contributed by atoms with Crippen LogP contribution in [0.15, 0.2) is 59.1 Å². The van der Waals surface area contributed by atoms with Crippen LogP contribution in [0.25, 0.3) is 22.1 Å². The number of primary amides is 1. The molecule has 8 heteroatoms. The number of methoxy groups -OCH3 is 1. The Morgan fingerprint density at radius 3 is 2.43 bits per heavy atom. The number of urea groups is 1.